The minimum Gasteiger partial charge on any atom is -0.497 e. The summed E-state index contributed by atoms with van der Waals surface area (Å²) in [5.41, 5.74) is 4.59. The highest BCUT2D eigenvalue weighted by atomic mass is 16.5. The third-order valence-electron chi connectivity index (χ3n) is 6.54. The highest BCUT2D eigenvalue weighted by molar-refractivity contribution is 5.91. The van der Waals surface area contributed by atoms with Crippen LogP contribution in [0.15, 0.2) is 41.2 Å². The minimum atomic E-state index is -0.0691. The Morgan fingerprint density at radius 3 is 2.22 bits per heavy atom. The maximum absolute atomic E-state index is 13.4. The number of aryl methyl sites for hydroxylation is 2. The van der Waals surface area contributed by atoms with Crippen LogP contribution in [0.3, 0.4) is 0 Å². The van der Waals surface area contributed by atoms with E-state index in [1.165, 1.54) is 0 Å². The molecule has 1 N–H and O–H groups in total. The third kappa shape index (κ3) is 5.32. The number of hydrogen-bond acceptors (Lipinski definition) is 5. The fraction of sp³-hybridized carbons (Fsp3) is 0.400. The molecule has 0 spiro atoms. The second-order valence-electron chi connectivity index (χ2n) is 8.85. The van der Waals surface area contributed by atoms with Crippen LogP contribution in [-0.4, -0.2) is 31.3 Å². The van der Waals surface area contributed by atoms with Gasteiger partial charge in [0, 0.05) is 34.1 Å². The first-order chi connectivity index (χ1) is 17.0. The number of methoxy groups -OCH3 is 3. The van der Waals surface area contributed by atoms with Gasteiger partial charge < -0.3 is 19.2 Å². The zero-order valence-electron chi connectivity index (χ0n) is 21.3. The molecule has 0 saturated heterocycles. The highest BCUT2D eigenvalue weighted by Gasteiger charge is 2.18. The van der Waals surface area contributed by atoms with E-state index in [-0.39, 0.29) is 13.0 Å². The van der Waals surface area contributed by atoms with Gasteiger partial charge in [-0.1, -0.05) is 34.1 Å². The van der Waals surface area contributed by atoms with Crippen molar-refractivity contribution in [2.24, 2.45) is 0 Å². The lowest BCUT2D eigenvalue weighted by Crippen LogP contribution is -2.17. The third-order valence-corrected chi connectivity index (χ3v) is 6.54. The first-order valence-electron chi connectivity index (χ1n) is 12.3. The average Bonchev–Trinajstić information content (AvgIpc) is 2.88. The summed E-state index contributed by atoms with van der Waals surface area (Å²) >= 11 is 0. The molecule has 6 nitrogen and oxygen atoms in total. The summed E-state index contributed by atoms with van der Waals surface area (Å²) in [6, 6.07) is 12.0. The largest absolute Gasteiger partial charge is 0.497 e. The van der Waals surface area contributed by atoms with Crippen molar-refractivity contribution >= 4 is 21.7 Å². The molecule has 6 heteroatoms. The number of ether oxygens (including phenoxy) is 3. The normalized spacial score (nSPS) is 10.9. The first kappa shape index (κ1) is 27.1. The smallest absolute Gasteiger partial charge is 0.252 e. The molecular formula is C30H38N2O4. The fourth-order valence-electron chi connectivity index (χ4n) is 4.67. The molecule has 2 heterocycles. The molecular weight excluding hydrogens is 452 g/mol. The molecule has 0 saturated carbocycles. The predicted molar refractivity (Wildman–Crippen MR) is 148 cm³/mol. The zero-order valence-corrected chi connectivity index (χ0v) is 21.3. The van der Waals surface area contributed by atoms with Crippen molar-refractivity contribution in [1.82, 2.24) is 9.97 Å². The molecule has 0 atom stereocenters. The van der Waals surface area contributed by atoms with Gasteiger partial charge in [-0.25, -0.2) is 0 Å². The molecule has 4 aromatic rings. The standard InChI is InChI=1S/C29H34N2O4.CH4/c1-6-8-10-24-19(13-18-14-20(33-3)11-12-25(18)30-24)15-23-21-16-27(34-4)28(35-5)17-22(21)26(9-7-2)31-29(23)32;/h11-14,16-17H,6-10,15H2,1-5H3,(H,31,32);1H4. The lowest BCUT2D eigenvalue weighted by atomic mass is 9.94. The first-order valence-corrected chi connectivity index (χ1v) is 12.3. The lowest BCUT2D eigenvalue weighted by Gasteiger charge is -2.16. The summed E-state index contributed by atoms with van der Waals surface area (Å²) in [4.78, 5) is 21.6. The van der Waals surface area contributed by atoms with E-state index in [2.05, 4.69) is 24.9 Å². The zero-order chi connectivity index (χ0) is 24.9. The van der Waals surface area contributed by atoms with Crippen LogP contribution >= 0.6 is 0 Å². The second-order valence-corrected chi connectivity index (χ2v) is 8.85. The Morgan fingerprint density at radius 2 is 1.58 bits per heavy atom. The summed E-state index contributed by atoms with van der Waals surface area (Å²) in [6.07, 6.45) is 5.17. The molecule has 0 aliphatic carbocycles. The van der Waals surface area contributed by atoms with E-state index < -0.39 is 0 Å². The Labute approximate surface area is 213 Å². The average molecular weight is 491 g/mol. The quantitative estimate of drug-likeness (QED) is 0.270. The van der Waals surface area contributed by atoms with Gasteiger partial charge in [-0.15, -0.1) is 0 Å². The summed E-state index contributed by atoms with van der Waals surface area (Å²) in [5, 5.41) is 2.88. The van der Waals surface area contributed by atoms with E-state index in [0.717, 1.165) is 76.5 Å². The molecule has 0 aliphatic rings. The fourth-order valence-corrected chi connectivity index (χ4v) is 4.67. The Bertz CT molecular complexity index is 1410. The molecule has 0 amide bonds. The van der Waals surface area contributed by atoms with Crippen LogP contribution < -0.4 is 19.8 Å². The van der Waals surface area contributed by atoms with Gasteiger partial charge >= 0.3 is 0 Å². The van der Waals surface area contributed by atoms with Crippen LogP contribution in [0.5, 0.6) is 17.2 Å². The predicted octanol–water partition coefficient (Wildman–Crippen LogP) is 6.62. The van der Waals surface area contributed by atoms with Gasteiger partial charge in [-0.05, 0) is 66.6 Å². The second kappa shape index (κ2) is 11.9. The van der Waals surface area contributed by atoms with E-state index in [1.807, 2.05) is 30.3 Å². The van der Waals surface area contributed by atoms with Crippen molar-refractivity contribution < 1.29 is 14.2 Å². The van der Waals surface area contributed by atoms with Crippen LogP contribution in [0.1, 0.15) is 63.1 Å². The number of H-pyrrole nitrogens is 1. The summed E-state index contributed by atoms with van der Waals surface area (Å²) < 4.78 is 16.6. The number of benzene rings is 2. The van der Waals surface area contributed by atoms with E-state index >= 15 is 0 Å². The van der Waals surface area contributed by atoms with Crippen molar-refractivity contribution in [3.05, 3.63) is 69.3 Å². The van der Waals surface area contributed by atoms with Crippen molar-refractivity contribution in [2.75, 3.05) is 21.3 Å². The molecule has 4 rings (SSSR count). The maximum atomic E-state index is 13.4. The molecule has 0 unspecified atom stereocenters. The number of hydrogen-bond donors (Lipinski definition) is 1. The Balaban J connectivity index is 0.00000361. The van der Waals surface area contributed by atoms with Gasteiger partial charge in [0.2, 0.25) is 0 Å². The van der Waals surface area contributed by atoms with E-state index in [0.29, 0.717) is 23.5 Å². The Kier molecular flexibility index (Phi) is 8.97. The Morgan fingerprint density at radius 1 is 0.861 bits per heavy atom. The van der Waals surface area contributed by atoms with Gasteiger partial charge in [0.05, 0.1) is 26.8 Å². The van der Waals surface area contributed by atoms with Crippen molar-refractivity contribution in [2.45, 2.75) is 59.8 Å². The molecule has 36 heavy (non-hydrogen) atoms. The SMILES string of the molecule is C.CCCCc1nc2ccc(OC)cc2cc1Cc1c(=O)[nH]c(CCC)c2cc(OC)c(OC)cc12. The summed E-state index contributed by atoms with van der Waals surface area (Å²) in [7, 11) is 4.91. The number of nitrogens with one attached hydrogen (secondary N) is 1. The van der Waals surface area contributed by atoms with Gasteiger partial charge in [0.15, 0.2) is 11.5 Å². The molecule has 192 valence electrons. The molecule has 0 radical (unpaired) electrons. The van der Waals surface area contributed by atoms with Crippen LogP contribution in [0.25, 0.3) is 21.7 Å². The lowest BCUT2D eigenvalue weighted by molar-refractivity contribution is 0.356. The van der Waals surface area contributed by atoms with E-state index in [1.54, 1.807) is 21.3 Å². The van der Waals surface area contributed by atoms with Crippen LogP contribution in [0, 0.1) is 0 Å². The Hall–Kier alpha value is -3.54. The number of unbranched alkanes of at least 4 members (excludes halogenated alkanes) is 1. The number of rotatable bonds is 10. The van der Waals surface area contributed by atoms with Gasteiger partial charge in [0.1, 0.15) is 5.75 Å². The number of pyridine rings is 2. The van der Waals surface area contributed by atoms with Gasteiger partial charge in [-0.2, -0.15) is 0 Å². The van der Waals surface area contributed by atoms with E-state index in [4.69, 9.17) is 19.2 Å². The maximum Gasteiger partial charge on any atom is 0.252 e. The molecule has 2 aromatic heterocycles. The molecule has 0 fully saturated rings. The number of aromatic nitrogens is 2. The molecule has 2 aromatic carbocycles. The summed E-state index contributed by atoms with van der Waals surface area (Å²) in [6.45, 7) is 4.28. The highest BCUT2D eigenvalue weighted by Crippen LogP contribution is 2.35. The van der Waals surface area contributed by atoms with Gasteiger partial charge in [-0.3, -0.25) is 9.78 Å². The van der Waals surface area contributed by atoms with Crippen LogP contribution in [-0.2, 0) is 19.3 Å². The monoisotopic (exact) mass is 490 g/mol. The number of nitrogens with zero attached hydrogens (tertiary/aromatic N) is 1. The van der Waals surface area contributed by atoms with Crippen molar-refractivity contribution in [3.8, 4) is 17.2 Å². The van der Waals surface area contributed by atoms with Crippen LogP contribution in [0.2, 0.25) is 0 Å². The molecule has 0 bridgehead atoms. The topological polar surface area (TPSA) is 73.4 Å². The van der Waals surface area contributed by atoms with Crippen molar-refractivity contribution in [1.29, 1.82) is 0 Å². The van der Waals surface area contributed by atoms with Crippen LogP contribution in [0.4, 0.5) is 0 Å². The number of fused-ring (bicyclic) bond motifs is 2. The molecule has 0 aliphatic heterocycles. The van der Waals surface area contributed by atoms with Crippen molar-refractivity contribution in [3.63, 3.8) is 0 Å². The number of aromatic amines is 1. The minimum absolute atomic E-state index is 0. The summed E-state index contributed by atoms with van der Waals surface area (Å²) in [5.74, 6) is 2.05. The van der Waals surface area contributed by atoms with E-state index in [9.17, 15) is 4.79 Å². The van der Waals surface area contributed by atoms with Gasteiger partial charge in [0.25, 0.3) is 5.56 Å².